The van der Waals surface area contributed by atoms with Crippen LogP contribution in [0.5, 0.6) is 5.75 Å². The number of piperidine rings is 1. The third kappa shape index (κ3) is 4.18. The van der Waals surface area contributed by atoms with E-state index in [2.05, 4.69) is 38.7 Å². The summed E-state index contributed by atoms with van der Waals surface area (Å²) in [6.45, 7) is 3.02. The first kappa shape index (κ1) is 20.0. The maximum Gasteiger partial charge on any atom is 0.387 e. The number of likely N-dealkylation sites (tertiary alicyclic amines) is 1. The number of aryl methyl sites for hydroxylation is 1. The normalized spacial score (nSPS) is 23.4. The molecule has 4 rings (SSSR count). The average molecular weight is 404 g/mol. The van der Waals surface area contributed by atoms with Crippen LogP contribution in [-0.4, -0.2) is 54.8 Å². The molecule has 0 bridgehead atoms. The van der Waals surface area contributed by atoms with Crippen molar-refractivity contribution in [3.63, 3.8) is 0 Å². The molecule has 29 heavy (non-hydrogen) atoms. The monoisotopic (exact) mass is 404 g/mol. The number of hydrogen-bond acceptors (Lipinski definition) is 6. The Morgan fingerprint density at radius 3 is 2.66 bits per heavy atom. The lowest BCUT2D eigenvalue weighted by Gasteiger charge is -2.19. The van der Waals surface area contributed by atoms with E-state index >= 15 is 0 Å². The number of aromatic nitrogens is 2. The number of methoxy groups -OCH3 is 1. The number of halogens is 2. The number of ether oxygens (including phenoxy) is 2. The maximum atomic E-state index is 12.6. The fraction of sp³-hybridized carbons (Fsp3) is 0.524. The number of pyridine rings is 2. The van der Waals surface area contributed by atoms with E-state index in [9.17, 15) is 8.78 Å². The molecule has 156 valence electrons. The minimum Gasteiger partial charge on any atom is -0.431 e. The Bertz CT molecular complexity index is 868. The first-order valence-corrected chi connectivity index (χ1v) is 9.93. The number of rotatable bonds is 8. The van der Waals surface area contributed by atoms with Crippen LogP contribution in [0.15, 0.2) is 24.4 Å². The Hall–Kier alpha value is -2.32. The van der Waals surface area contributed by atoms with Gasteiger partial charge in [-0.3, -0.25) is 4.98 Å². The van der Waals surface area contributed by atoms with Gasteiger partial charge in [-0.25, -0.2) is 4.98 Å². The van der Waals surface area contributed by atoms with Crippen LogP contribution in [0.1, 0.15) is 24.1 Å². The Kier molecular flexibility index (Phi) is 5.65. The fourth-order valence-electron chi connectivity index (χ4n) is 4.43. The van der Waals surface area contributed by atoms with Crippen molar-refractivity contribution in [2.24, 2.45) is 11.8 Å². The summed E-state index contributed by atoms with van der Waals surface area (Å²) in [5, 5.41) is 0. The number of nitrogens with two attached hydrogens (primary N) is 1. The van der Waals surface area contributed by atoms with Gasteiger partial charge in [-0.05, 0) is 47.9 Å². The van der Waals surface area contributed by atoms with Crippen molar-refractivity contribution in [3.05, 3.63) is 35.7 Å². The highest BCUT2D eigenvalue weighted by Crippen LogP contribution is 2.58. The molecule has 6 nitrogen and oxygen atoms in total. The van der Waals surface area contributed by atoms with E-state index in [1.807, 2.05) is 0 Å². The second-order valence-corrected chi connectivity index (χ2v) is 7.72. The number of anilines is 1. The first-order chi connectivity index (χ1) is 14.0. The summed E-state index contributed by atoms with van der Waals surface area (Å²) >= 11 is 0. The molecule has 0 amide bonds. The number of fused-ring (bicyclic) bond motifs is 1. The molecule has 1 saturated heterocycles. The summed E-state index contributed by atoms with van der Waals surface area (Å²) < 4.78 is 35.0. The summed E-state index contributed by atoms with van der Waals surface area (Å²) in [5.74, 6) is 1.66. The van der Waals surface area contributed by atoms with Gasteiger partial charge in [0.2, 0.25) is 0 Å². The van der Waals surface area contributed by atoms with Gasteiger partial charge in [0, 0.05) is 44.2 Å². The average Bonchev–Trinajstić information content (AvgIpc) is 3.22. The van der Waals surface area contributed by atoms with Gasteiger partial charge in [-0.15, -0.1) is 0 Å². The summed E-state index contributed by atoms with van der Waals surface area (Å²) in [4.78, 5) is 11.1. The van der Waals surface area contributed by atoms with E-state index in [0.29, 0.717) is 29.0 Å². The van der Waals surface area contributed by atoms with Gasteiger partial charge in [0.1, 0.15) is 0 Å². The highest BCUT2D eigenvalue weighted by molar-refractivity contribution is 5.65. The molecule has 1 aliphatic carbocycles. The molecular weight excluding hydrogens is 378 g/mol. The molecule has 1 aliphatic heterocycles. The molecule has 3 atom stereocenters. The van der Waals surface area contributed by atoms with Crippen molar-refractivity contribution in [2.45, 2.75) is 25.9 Å². The molecule has 0 radical (unpaired) electrons. The van der Waals surface area contributed by atoms with Crippen molar-refractivity contribution < 1.29 is 18.3 Å². The molecule has 2 aromatic heterocycles. The van der Waals surface area contributed by atoms with Crippen LogP contribution in [0.2, 0.25) is 0 Å². The predicted molar refractivity (Wildman–Crippen MR) is 106 cm³/mol. The molecule has 0 spiro atoms. The maximum absolute atomic E-state index is 12.6. The lowest BCUT2D eigenvalue weighted by molar-refractivity contribution is -0.0494. The zero-order valence-corrected chi connectivity index (χ0v) is 16.6. The minimum absolute atomic E-state index is 0.0613. The van der Waals surface area contributed by atoms with Crippen molar-refractivity contribution in [1.29, 1.82) is 0 Å². The highest BCUT2D eigenvalue weighted by atomic mass is 19.3. The van der Waals surface area contributed by atoms with Crippen molar-refractivity contribution in [1.82, 2.24) is 14.9 Å². The fourth-order valence-corrected chi connectivity index (χ4v) is 4.43. The molecular formula is C21H26F2N4O2. The summed E-state index contributed by atoms with van der Waals surface area (Å²) in [6.07, 6.45) is 2.35. The molecule has 0 aromatic carbocycles. The highest BCUT2D eigenvalue weighted by Gasteiger charge is 2.55. The van der Waals surface area contributed by atoms with E-state index in [4.69, 9.17) is 10.5 Å². The van der Waals surface area contributed by atoms with Gasteiger partial charge in [-0.2, -0.15) is 8.78 Å². The van der Waals surface area contributed by atoms with E-state index in [-0.39, 0.29) is 11.6 Å². The Morgan fingerprint density at radius 2 is 2.00 bits per heavy atom. The van der Waals surface area contributed by atoms with Crippen molar-refractivity contribution >= 4 is 5.82 Å². The SMILES string of the molecule is CCc1cc(C2[C@H]3CN(CCOC)C[C@@H]23)cc(-c2cnc(N)c(OC(F)F)c2)n1. The molecule has 2 fully saturated rings. The summed E-state index contributed by atoms with van der Waals surface area (Å²) in [5.41, 5.74) is 9.25. The van der Waals surface area contributed by atoms with Crippen LogP contribution in [-0.2, 0) is 11.2 Å². The quantitative estimate of drug-likeness (QED) is 0.729. The topological polar surface area (TPSA) is 73.5 Å². The first-order valence-electron chi connectivity index (χ1n) is 9.93. The zero-order chi connectivity index (χ0) is 20.5. The van der Waals surface area contributed by atoms with Crippen LogP contribution in [0, 0.1) is 11.8 Å². The van der Waals surface area contributed by atoms with Gasteiger partial charge in [-0.1, -0.05) is 6.92 Å². The van der Waals surface area contributed by atoms with E-state index in [0.717, 1.165) is 38.4 Å². The summed E-state index contributed by atoms with van der Waals surface area (Å²) in [7, 11) is 1.73. The van der Waals surface area contributed by atoms with E-state index in [1.54, 1.807) is 13.3 Å². The van der Waals surface area contributed by atoms with Crippen LogP contribution in [0.3, 0.4) is 0 Å². The Morgan fingerprint density at radius 1 is 1.24 bits per heavy atom. The lowest BCUT2D eigenvalue weighted by atomic mass is 10.0. The lowest BCUT2D eigenvalue weighted by Crippen LogP contribution is -2.27. The molecule has 8 heteroatoms. The van der Waals surface area contributed by atoms with E-state index in [1.165, 1.54) is 11.6 Å². The number of nitrogen functional groups attached to an aromatic ring is 1. The zero-order valence-electron chi connectivity index (χ0n) is 16.6. The molecule has 2 N–H and O–H groups in total. The number of hydrogen-bond donors (Lipinski definition) is 1. The van der Waals surface area contributed by atoms with Crippen LogP contribution < -0.4 is 10.5 Å². The standard InChI is InChI=1S/C21H26F2N4O2/c1-3-14-6-12(19-15-10-27(4-5-28-2)11-16(15)19)7-17(26-14)13-8-18(29-21(22)23)20(24)25-9-13/h6-9,15-16,19,21H,3-5,10-11H2,1-2H3,(H2,24,25)/t15-,16+,19?. The van der Waals surface area contributed by atoms with Crippen LogP contribution in [0.4, 0.5) is 14.6 Å². The van der Waals surface area contributed by atoms with Crippen LogP contribution in [0.25, 0.3) is 11.3 Å². The van der Waals surface area contributed by atoms with Gasteiger partial charge < -0.3 is 20.1 Å². The smallest absolute Gasteiger partial charge is 0.387 e. The van der Waals surface area contributed by atoms with Gasteiger partial charge in [0.05, 0.1) is 12.3 Å². The minimum atomic E-state index is -2.95. The molecule has 1 saturated carbocycles. The van der Waals surface area contributed by atoms with Gasteiger partial charge >= 0.3 is 6.61 Å². The third-order valence-corrected chi connectivity index (χ3v) is 5.92. The second-order valence-electron chi connectivity index (χ2n) is 7.72. The molecule has 1 unspecified atom stereocenters. The summed E-state index contributed by atoms with van der Waals surface area (Å²) in [6, 6.07) is 5.72. The van der Waals surface area contributed by atoms with Crippen LogP contribution >= 0.6 is 0 Å². The van der Waals surface area contributed by atoms with E-state index < -0.39 is 6.61 Å². The predicted octanol–water partition coefficient (Wildman–Crippen LogP) is 3.18. The molecule has 2 aromatic rings. The van der Waals surface area contributed by atoms with Crippen molar-refractivity contribution in [2.75, 3.05) is 39.1 Å². The van der Waals surface area contributed by atoms with Gasteiger partial charge in [0.15, 0.2) is 11.6 Å². The number of alkyl halides is 2. The largest absolute Gasteiger partial charge is 0.431 e. The molecule has 3 heterocycles. The van der Waals surface area contributed by atoms with Gasteiger partial charge in [0.25, 0.3) is 0 Å². The molecule has 2 aliphatic rings. The third-order valence-electron chi connectivity index (χ3n) is 5.92. The van der Waals surface area contributed by atoms with Crippen molar-refractivity contribution in [3.8, 4) is 17.0 Å². The Balaban J connectivity index is 1.56. The second kappa shape index (κ2) is 8.20. The Labute approximate surface area is 169 Å². The number of nitrogens with zero attached hydrogens (tertiary/aromatic N) is 3.